The summed E-state index contributed by atoms with van der Waals surface area (Å²) in [6.45, 7) is 5.13. The molecule has 0 unspecified atom stereocenters. The van der Waals surface area contributed by atoms with Crippen LogP contribution in [0.2, 0.25) is 0 Å². The van der Waals surface area contributed by atoms with E-state index in [1.54, 1.807) is 6.08 Å². The average Bonchev–Trinajstić information content (AvgIpc) is 3.22. The summed E-state index contributed by atoms with van der Waals surface area (Å²) in [5, 5.41) is 0. The van der Waals surface area contributed by atoms with Crippen molar-refractivity contribution in [2.75, 3.05) is 32.8 Å². The van der Waals surface area contributed by atoms with E-state index in [4.69, 9.17) is 4.74 Å². The van der Waals surface area contributed by atoms with Crippen molar-refractivity contribution < 1.29 is 14.3 Å². The van der Waals surface area contributed by atoms with Gasteiger partial charge in [-0.3, -0.25) is 9.59 Å². The first-order chi connectivity index (χ1) is 12.7. The molecule has 1 heterocycles. The molecule has 1 aromatic rings. The predicted octanol–water partition coefficient (Wildman–Crippen LogP) is 2.96. The number of carbonyl (C=O) groups is 2. The summed E-state index contributed by atoms with van der Waals surface area (Å²) in [5.74, 6) is 1.35. The van der Waals surface area contributed by atoms with Gasteiger partial charge in [-0.25, -0.2) is 0 Å². The van der Waals surface area contributed by atoms with Gasteiger partial charge in [-0.2, -0.15) is 0 Å². The summed E-state index contributed by atoms with van der Waals surface area (Å²) in [6.07, 6.45) is 7.85. The van der Waals surface area contributed by atoms with E-state index in [-0.39, 0.29) is 11.8 Å². The Labute approximate surface area is 155 Å². The van der Waals surface area contributed by atoms with Crippen LogP contribution in [0.5, 0.6) is 5.75 Å². The van der Waals surface area contributed by atoms with Crippen LogP contribution in [-0.2, 0) is 9.59 Å². The summed E-state index contributed by atoms with van der Waals surface area (Å²) in [7, 11) is 0. The number of nitrogens with zero attached hydrogens (tertiary/aromatic N) is 2. The predicted molar refractivity (Wildman–Crippen MR) is 102 cm³/mol. The second-order valence-corrected chi connectivity index (χ2v) is 6.97. The van der Waals surface area contributed by atoms with Gasteiger partial charge in [-0.05, 0) is 43.5 Å². The molecule has 1 saturated heterocycles. The molecule has 2 aliphatic rings. The minimum Gasteiger partial charge on any atom is -0.494 e. The third kappa shape index (κ3) is 4.65. The van der Waals surface area contributed by atoms with Crippen LogP contribution >= 0.6 is 0 Å². The van der Waals surface area contributed by atoms with Gasteiger partial charge >= 0.3 is 0 Å². The second-order valence-electron chi connectivity index (χ2n) is 6.97. The lowest BCUT2D eigenvalue weighted by Gasteiger charge is -2.35. The molecule has 3 rings (SSSR count). The lowest BCUT2D eigenvalue weighted by atomic mass is 10.1. The molecule has 2 amide bonds. The van der Waals surface area contributed by atoms with Crippen molar-refractivity contribution in [3.8, 4) is 5.75 Å². The first-order valence-electron chi connectivity index (χ1n) is 9.66. The fourth-order valence-corrected chi connectivity index (χ4v) is 3.69. The molecular formula is C21H28N2O3. The lowest BCUT2D eigenvalue weighted by Crippen LogP contribution is -2.51. The maximum absolute atomic E-state index is 12.5. The molecule has 0 N–H and O–H groups in total. The Morgan fingerprint density at radius 2 is 1.65 bits per heavy atom. The maximum atomic E-state index is 12.5. The molecular weight excluding hydrogens is 328 g/mol. The number of amides is 2. The van der Waals surface area contributed by atoms with E-state index in [1.165, 1.54) is 12.8 Å². The topological polar surface area (TPSA) is 49.9 Å². The molecule has 1 aliphatic carbocycles. The summed E-state index contributed by atoms with van der Waals surface area (Å²) in [4.78, 5) is 28.6. The Hall–Kier alpha value is -2.30. The molecule has 5 nitrogen and oxygen atoms in total. The number of hydrogen-bond acceptors (Lipinski definition) is 3. The van der Waals surface area contributed by atoms with Crippen LogP contribution in [-0.4, -0.2) is 54.4 Å². The highest BCUT2D eigenvalue weighted by molar-refractivity contribution is 5.92. The Balaban J connectivity index is 1.47. The summed E-state index contributed by atoms with van der Waals surface area (Å²) >= 11 is 0. The zero-order valence-corrected chi connectivity index (χ0v) is 15.5. The average molecular weight is 356 g/mol. The minimum atomic E-state index is 0.00634. The monoisotopic (exact) mass is 356 g/mol. The molecule has 1 aliphatic heterocycles. The molecule has 0 bridgehead atoms. The number of ether oxygens (including phenoxy) is 1. The van der Waals surface area contributed by atoms with Gasteiger partial charge in [0.1, 0.15) is 5.75 Å². The lowest BCUT2D eigenvalue weighted by molar-refractivity contribution is -0.140. The minimum absolute atomic E-state index is 0.00634. The third-order valence-corrected chi connectivity index (χ3v) is 5.22. The quantitative estimate of drug-likeness (QED) is 0.762. The van der Waals surface area contributed by atoms with E-state index < -0.39 is 0 Å². The van der Waals surface area contributed by atoms with Crippen molar-refractivity contribution in [1.82, 2.24) is 9.80 Å². The van der Waals surface area contributed by atoms with Crippen molar-refractivity contribution in [3.63, 3.8) is 0 Å². The highest BCUT2D eigenvalue weighted by Crippen LogP contribution is 2.27. The third-order valence-electron chi connectivity index (χ3n) is 5.22. The molecule has 1 aromatic carbocycles. The van der Waals surface area contributed by atoms with Crippen LogP contribution in [0.25, 0.3) is 6.08 Å². The van der Waals surface area contributed by atoms with Gasteiger partial charge < -0.3 is 14.5 Å². The molecule has 140 valence electrons. The maximum Gasteiger partial charge on any atom is 0.246 e. The molecule has 1 saturated carbocycles. The Morgan fingerprint density at radius 1 is 1.04 bits per heavy atom. The fourth-order valence-electron chi connectivity index (χ4n) is 3.69. The van der Waals surface area contributed by atoms with E-state index in [1.807, 2.05) is 47.1 Å². The van der Waals surface area contributed by atoms with Crippen LogP contribution < -0.4 is 4.74 Å². The van der Waals surface area contributed by atoms with Crippen molar-refractivity contribution in [3.05, 3.63) is 35.9 Å². The second kappa shape index (κ2) is 8.88. The van der Waals surface area contributed by atoms with Gasteiger partial charge in [-0.15, -0.1) is 0 Å². The molecule has 0 spiro atoms. The van der Waals surface area contributed by atoms with Gasteiger partial charge in [-0.1, -0.05) is 25.0 Å². The standard InChI is InChI=1S/C21H28N2O3/c1-2-26-19-10-7-17(8-11-19)9-12-20(24)22-13-15-23(16-14-22)21(25)18-5-3-4-6-18/h7-12,18H,2-6,13-16H2,1H3/b12-9+. The van der Waals surface area contributed by atoms with Crippen LogP contribution in [0.15, 0.2) is 30.3 Å². The fraction of sp³-hybridized carbons (Fsp3) is 0.524. The molecule has 2 fully saturated rings. The van der Waals surface area contributed by atoms with Gasteiger partial charge in [0, 0.05) is 38.2 Å². The number of carbonyl (C=O) groups excluding carboxylic acids is 2. The van der Waals surface area contributed by atoms with E-state index >= 15 is 0 Å². The molecule has 5 heteroatoms. The van der Waals surface area contributed by atoms with Gasteiger partial charge in [0.05, 0.1) is 6.61 Å². The molecule has 0 radical (unpaired) electrons. The highest BCUT2D eigenvalue weighted by Gasteiger charge is 2.30. The zero-order chi connectivity index (χ0) is 18.4. The van der Waals surface area contributed by atoms with Crippen LogP contribution in [0.4, 0.5) is 0 Å². The van der Waals surface area contributed by atoms with Gasteiger partial charge in [0.25, 0.3) is 0 Å². The molecule has 26 heavy (non-hydrogen) atoms. The number of hydrogen-bond donors (Lipinski definition) is 0. The molecule has 0 atom stereocenters. The van der Waals surface area contributed by atoms with Gasteiger partial charge in [0.15, 0.2) is 0 Å². The summed E-state index contributed by atoms with van der Waals surface area (Å²) < 4.78 is 5.42. The smallest absolute Gasteiger partial charge is 0.246 e. The first-order valence-corrected chi connectivity index (χ1v) is 9.66. The molecule has 0 aromatic heterocycles. The van der Waals surface area contributed by atoms with Crippen LogP contribution in [0.3, 0.4) is 0 Å². The van der Waals surface area contributed by atoms with Crippen molar-refractivity contribution in [2.24, 2.45) is 5.92 Å². The van der Waals surface area contributed by atoms with E-state index in [9.17, 15) is 9.59 Å². The Kier molecular flexibility index (Phi) is 6.31. The van der Waals surface area contributed by atoms with Crippen molar-refractivity contribution >= 4 is 17.9 Å². The van der Waals surface area contributed by atoms with Crippen LogP contribution in [0, 0.1) is 5.92 Å². The largest absolute Gasteiger partial charge is 0.494 e. The SMILES string of the molecule is CCOc1ccc(/C=C/C(=O)N2CCN(C(=O)C3CCCC3)CC2)cc1. The van der Waals surface area contributed by atoms with Crippen molar-refractivity contribution in [1.29, 1.82) is 0 Å². The Bertz CT molecular complexity index is 640. The Morgan fingerprint density at radius 3 is 2.27 bits per heavy atom. The number of piperazine rings is 1. The highest BCUT2D eigenvalue weighted by atomic mass is 16.5. The number of benzene rings is 1. The normalized spacial score (nSPS) is 18.5. The number of rotatable bonds is 5. The summed E-state index contributed by atoms with van der Waals surface area (Å²) in [5.41, 5.74) is 0.969. The zero-order valence-electron chi connectivity index (χ0n) is 15.5. The van der Waals surface area contributed by atoms with E-state index in [0.29, 0.717) is 38.7 Å². The van der Waals surface area contributed by atoms with E-state index in [2.05, 4.69) is 0 Å². The van der Waals surface area contributed by atoms with Gasteiger partial charge in [0.2, 0.25) is 11.8 Å². The van der Waals surface area contributed by atoms with E-state index in [0.717, 1.165) is 24.2 Å². The van der Waals surface area contributed by atoms with Crippen molar-refractivity contribution in [2.45, 2.75) is 32.6 Å². The first kappa shape index (κ1) is 18.5. The van der Waals surface area contributed by atoms with Crippen LogP contribution in [0.1, 0.15) is 38.2 Å². The summed E-state index contributed by atoms with van der Waals surface area (Å²) in [6, 6.07) is 7.68.